The molecular weight excluding hydrogens is 704 g/mol. The van der Waals surface area contributed by atoms with Gasteiger partial charge in [-0.3, -0.25) is 4.79 Å². The Labute approximate surface area is 322 Å². The van der Waals surface area contributed by atoms with Crippen LogP contribution in [0.4, 0.5) is 0 Å². The zero-order valence-electron chi connectivity index (χ0n) is 34.1. The summed E-state index contributed by atoms with van der Waals surface area (Å²) in [5, 5.41) is 102. The zero-order chi connectivity index (χ0) is 41.6. The van der Waals surface area contributed by atoms with E-state index in [2.05, 4.69) is 20.8 Å². The van der Waals surface area contributed by atoms with Gasteiger partial charge in [-0.05, 0) is 67.9 Å². The number of hydrogen-bond acceptors (Lipinski definition) is 14. The van der Waals surface area contributed by atoms with Crippen molar-refractivity contribution in [1.82, 2.24) is 0 Å². The van der Waals surface area contributed by atoms with Gasteiger partial charge in [0.25, 0.3) is 0 Å². The number of hydrogen-bond donors (Lipinski definition) is 10. The van der Waals surface area contributed by atoms with Crippen LogP contribution in [0.1, 0.15) is 94.9 Å². The zero-order valence-corrected chi connectivity index (χ0v) is 34.1. The van der Waals surface area contributed by atoms with E-state index in [4.69, 9.17) is 19.3 Å². The first-order valence-electron chi connectivity index (χ1n) is 19.6. The molecule has 0 saturated carbocycles. The number of esters is 1. The van der Waals surface area contributed by atoms with E-state index >= 15 is 0 Å². The Morgan fingerprint density at radius 1 is 0.722 bits per heavy atom. The van der Waals surface area contributed by atoms with E-state index in [1.54, 1.807) is 33.8 Å². The van der Waals surface area contributed by atoms with Crippen molar-refractivity contribution in [3.8, 4) is 0 Å². The Morgan fingerprint density at radius 2 is 1.30 bits per heavy atom. The molecule has 0 bridgehead atoms. The van der Waals surface area contributed by atoms with Gasteiger partial charge in [-0.25, -0.2) is 0 Å². The van der Waals surface area contributed by atoms with Gasteiger partial charge in [0.2, 0.25) is 0 Å². The largest absolute Gasteiger partial charge is 0.463 e. The smallest absolute Gasteiger partial charge is 0.308 e. The van der Waals surface area contributed by atoms with Gasteiger partial charge < -0.3 is 65.3 Å². The van der Waals surface area contributed by atoms with E-state index in [1.165, 1.54) is 0 Å². The molecule has 1 aliphatic rings. The SMILES string of the molecule is CCC(C)CC(C)CC(C)C(OC1OC(CO)C(O)C(O)C1O)C(C)C=C(C)C(O)C(C)C=C(C)C(O)C(C)CC(C)C(=O)OCC(O)C(O)C(O)CO. The number of carbonyl (C=O) groups is 1. The van der Waals surface area contributed by atoms with Crippen molar-refractivity contribution in [3.63, 3.8) is 0 Å². The molecule has 0 aliphatic carbocycles. The van der Waals surface area contributed by atoms with Crippen molar-refractivity contribution < 1.29 is 70.1 Å². The van der Waals surface area contributed by atoms with Crippen molar-refractivity contribution in [2.75, 3.05) is 19.8 Å². The van der Waals surface area contributed by atoms with Crippen LogP contribution in [0.5, 0.6) is 0 Å². The maximum atomic E-state index is 12.5. The van der Waals surface area contributed by atoms with Crippen LogP contribution in [0.25, 0.3) is 0 Å². The van der Waals surface area contributed by atoms with Crippen LogP contribution in [0, 0.1) is 41.4 Å². The van der Waals surface area contributed by atoms with E-state index < -0.39 is 105 Å². The summed E-state index contributed by atoms with van der Waals surface area (Å²) in [5.41, 5.74) is 1.25. The summed E-state index contributed by atoms with van der Waals surface area (Å²) in [5.74, 6) is -1.56. The summed E-state index contributed by atoms with van der Waals surface area (Å²) in [6.45, 7) is 17.4. The molecule has 0 aromatic carbocycles. The van der Waals surface area contributed by atoms with Crippen molar-refractivity contribution >= 4 is 5.97 Å². The second kappa shape index (κ2) is 24.3. The number of carbonyl (C=O) groups excluding carboxylic acids is 1. The highest BCUT2D eigenvalue weighted by Crippen LogP contribution is 2.33. The highest BCUT2D eigenvalue weighted by atomic mass is 16.7. The molecule has 18 atom stereocenters. The second-order valence-corrected chi connectivity index (χ2v) is 16.3. The standard InChI is InChI=1S/C40H74O14/c1-11-20(2)12-21(3)13-26(8)38(54-40-37(50)36(49)35(48)31(18-42)53-40)27(9)15-24(6)32(45)22(4)14-23(5)33(46)25(7)16-28(10)39(51)52-19-30(44)34(47)29(43)17-41/h14-15,20-22,25-38,40-50H,11-13,16-19H2,1-10H3. The highest BCUT2D eigenvalue weighted by Gasteiger charge is 2.45. The Kier molecular flexibility index (Phi) is 22.7. The lowest BCUT2D eigenvalue weighted by molar-refractivity contribution is -0.317. The van der Waals surface area contributed by atoms with E-state index in [0.717, 1.165) is 19.3 Å². The lowest BCUT2D eigenvalue weighted by atomic mass is 9.82. The van der Waals surface area contributed by atoms with Crippen molar-refractivity contribution in [2.45, 2.75) is 162 Å². The first-order valence-corrected chi connectivity index (χ1v) is 19.6. The average molecular weight is 779 g/mol. The summed E-state index contributed by atoms with van der Waals surface area (Å²) in [7, 11) is 0. The third-order valence-electron chi connectivity index (χ3n) is 11.0. The molecule has 1 fully saturated rings. The molecule has 1 rings (SSSR count). The Balaban J connectivity index is 3.07. The van der Waals surface area contributed by atoms with Gasteiger partial charge in [-0.15, -0.1) is 0 Å². The molecule has 14 nitrogen and oxygen atoms in total. The van der Waals surface area contributed by atoms with Crippen molar-refractivity contribution in [2.24, 2.45) is 41.4 Å². The molecule has 54 heavy (non-hydrogen) atoms. The third-order valence-corrected chi connectivity index (χ3v) is 11.0. The summed E-state index contributed by atoms with van der Waals surface area (Å²) in [6.07, 6.45) is -7.49. The monoisotopic (exact) mass is 779 g/mol. The number of rotatable bonds is 24. The predicted octanol–water partition coefficient (Wildman–Crippen LogP) is 1.44. The molecule has 1 heterocycles. The number of ether oxygens (including phenoxy) is 3. The van der Waals surface area contributed by atoms with Crippen LogP contribution in [0.3, 0.4) is 0 Å². The fourth-order valence-corrected chi connectivity index (χ4v) is 7.46. The van der Waals surface area contributed by atoms with Crippen LogP contribution in [-0.2, 0) is 19.0 Å². The van der Waals surface area contributed by atoms with Crippen molar-refractivity contribution in [3.05, 3.63) is 23.3 Å². The predicted molar refractivity (Wildman–Crippen MR) is 203 cm³/mol. The first-order chi connectivity index (χ1) is 25.1. The Bertz CT molecular complexity index is 1130. The quantitative estimate of drug-likeness (QED) is 0.0493. The highest BCUT2D eigenvalue weighted by molar-refractivity contribution is 5.72. The molecule has 0 aromatic rings. The summed E-state index contributed by atoms with van der Waals surface area (Å²) in [6, 6.07) is 0. The Morgan fingerprint density at radius 3 is 1.85 bits per heavy atom. The van der Waals surface area contributed by atoms with Crippen LogP contribution >= 0.6 is 0 Å². The van der Waals surface area contributed by atoms with Gasteiger partial charge in [-0.2, -0.15) is 0 Å². The lowest BCUT2D eigenvalue weighted by Gasteiger charge is -2.42. The van der Waals surface area contributed by atoms with Gasteiger partial charge in [0.15, 0.2) is 6.29 Å². The molecule has 18 unspecified atom stereocenters. The van der Waals surface area contributed by atoms with Crippen molar-refractivity contribution in [1.29, 1.82) is 0 Å². The number of aliphatic hydroxyl groups excluding tert-OH is 10. The second-order valence-electron chi connectivity index (χ2n) is 16.3. The van der Waals surface area contributed by atoms with Crippen LogP contribution in [0.2, 0.25) is 0 Å². The van der Waals surface area contributed by atoms with Gasteiger partial charge >= 0.3 is 5.97 Å². The minimum Gasteiger partial charge on any atom is -0.463 e. The number of aliphatic hydroxyl groups is 10. The lowest BCUT2D eigenvalue weighted by Crippen LogP contribution is -2.60. The van der Waals surface area contributed by atoms with Gasteiger partial charge in [-0.1, -0.05) is 74.0 Å². The normalized spacial score (nSPS) is 28.8. The summed E-state index contributed by atoms with van der Waals surface area (Å²) < 4.78 is 17.2. The minimum absolute atomic E-state index is 0.0423. The molecule has 10 N–H and O–H groups in total. The molecule has 0 amide bonds. The van der Waals surface area contributed by atoms with Gasteiger partial charge in [0, 0.05) is 11.8 Å². The van der Waals surface area contributed by atoms with Crippen LogP contribution < -0.4 is 0 Å². The summed E-state index contributed by atoms with van der Waals surface area (Å²) in [4.78, 5) is 12.5. The fourth-order valence-electron chi connectivity index (χ4n) is 7.46. The van der Waals surface area contributed by atoms with Gasteiger partial charge in [0.1, 0.15) is 49.3 Å². The Hall–Kier alpha value is -1.53. The third kappa shape index (κ3) is 15.4. The van der Waals surface area contributed by atoms with Gasteiger partial charge in [0.05, 0.1) is 37.4 Å². The average Bonchev–Trinajstić information content (AvgIpc) is 3.13. The van der Waals surface area contributed by atoms with E-state index in [9.17, 15) is 50.8 Å². The molecule has 0 aromatic heterocycles. The molecule has 0 spiro atoms. The molecular formula is C40H74O14. The molecule has 0 radical (unpaired) electrons. The molecule has 318 valence electrons. The maximum absolute atomic E-state index is 12.5. The minimum atomic E-state index is -1.69. The first kappa shape index (κ1) is 50.5. The topological polar surface area (TPSA) is 247 Å². The fraction of sp³-hybridized carbons (Fsp3) is 0.875. The van der Waals surface area contributed by atoms with Crippen LogP contribution in [-0.4, -0.2) is 144 Å². The van der Waals surface area contributed by atoms with Crippen LogP contribution in [0.15, 0.2) is 23.3 Å². The van der Waals surface area contributed by atoms with E-state index in [1.807, 2.05) is 26.8 Å². The summed E-state index contributed by atoms with van der Waals surface area (Å²) >= 11 is 0. The molecule has 1 aliphatic heterocycles. The van der Waals surface area contributed by atoms with E-state index in [-0.39, 0.29) is 24.2 Å². The molecule has 14 heteroatoms. The van der Waals surface area contributed by atoms with E-state index in [0.29, 0.717) is 23.0 Å². The molecule has 1 saturated heterocycles. The maximum Gasteiger partial charge on any atom is 0.308 e.